The van der Waals surface area contributed by atoms with Crippen LogP contribution in [0.3, 0.4) is 0 Å². The number of hydrogen-bond donors (Lipinski definition) is 1. The first-order valence-electron chi connectivity index (χ1n) is 6.83. The fraction of sp³-hybridized carbons (Fsp3) is 0.375. The minimum atomic E-state index is 0.497. The van der Waals surface area contributed by atoms with E-state index in [2.05, 4.69) is 32.0 Å². The molecule has 1 aromatic carbocycles. The third-order valence-electron chi connectivity index (χ3n) is 3.95. The molecule has 2 N–H and O–H groups in total. The van der Waals surface area contributed by atoms with Crippen molar-refractivity contribution in [3.63, 3.8) is 0 Å². The van der Waals surface area contributed by atoms with Gasteiger partial charge < -0.3 is 5.73 Å². The summed E-state index contributed by atoms with van der Waals surface area (Å²) in [5.74, 6) is 0.497. The molecule has 0 aliphatic heterocycles. The van der Waals surface area contributed by atoms with Gasteiger partial charge in [0.2, 0.25) is 0 Å². The van der Waals surface area contributed by atoms with Gasteiger partial charge in [0.05, 0.1) is 5.52 Å². The van der Waals surface area contributed by atoms with Crippen LogP contribution in [-0.4, -0.2) is 9.97 Å². The molecule has 2 aromatic rings. The molecule has 0 saturated heterocycles. The van der Waals surface area contributed by atoms with Crippen LogP contribution in [0.4, 0.5) is 0 Å². The zero-order chi connectivity index (χ0) is 13.6. The minimum absolute atomic E-state index is 0.497. The van der Waals surface area contributed by atoms with Crippen molar-refractivity contribution < 1.29 is 0 Å². The second kappa shape index (κ2) is 4.57. The summed E-state index contributed by atoms with van der Waals surface area (Å²) in [6.07, 6.45) is 3.26. The second-order valence-corrected chi connectivity index (χ2v) is 6.00. The highest BCUT2D eigenvalue weighted by Gasteiger charge is 2.21. The fourth-order valence-corrected chi connectivity index (χ4v) is 3.15. The van der Waals surface area contributed by atoms with Gasteiger partial charge >= 0.3 is 0 Å². The van der Waals surface area contributed by atoms with Gasteiger partial charge in [-0.05, 0) is 48.4 Å². The van der Waals surface area contributed by atoms with Crippen molar-refractivity contribution in [2.24, 2.45) is 5.73 Å². The largest absolute Gasteiger partial charge is 0.389 e. The summed E-state index contributed by atoms with van der Waals surface area (Å²) in [5, 5.41) is 1.12. The first kappa shape index (κ1) is 12.5. The van der Waals surface area contributed by atoms with Crippen molar-refractivity contribution in [3.8, 4) is 0 Å². The van der Waals surface area contributed by atoms with E-state index in [4.69, 9.17) is 22.9 Å². The van der Waals surface area contributed by atoms with Crippen molar-refractivity contribution in [1.82, 2.24) is 4.98 Å². The minimum Gasteiger partial charge on any atom is -0.389 e. The van der Waals surface area contributed by atoms with E-state index in [9.17, 15) is 0 Å². The molecule has 0 amide bonds. The molecule has 3 heteroatoms. The Hall–Kier alpha value is -1.48. The summed E-state index contributed by atoms with van der Waals surface area (Å²) in [6.45, 7) is 4.39. The molecule has 3 rings (SSSR count). The lowest BCUT2D eigenvalue weighted by atomic mass is 9.96. The number of aryl methyl sites for hydroxylation is 1. The van der Waals surface area contributed by atoms with Gasteiger partial charge in [-0.1, -0.05) is 32.1 Å². The molecule has 19 heavy (non-hydrogen) atoms. The number of nitrogens with zero attached hydrogens (tertiary/aromatic N) is 1. The summed E-state index contributed by atoms with van der Waals surface area (Å²) in [4.78, 5) is 5.29. The molecule has 0 atom stereocenters. The first-order valence-corrected chi connectivity index (χ1v) is 7.24. The van der Waals surface area contributed by atoms with Gasteiger partial charge in [0.25, 0.3) is 0 Å². The third kappa shape index (κ3) is 2.02. The van der Waals surface area contributed by atoms with E-state index in [-0.39, 0.29) is 0 Å². The molecule has 1 heterocycles. The van der Waals surface area contributed by atoms with Gasteiger partial charge in [-0.15, -0.1) is 0 Å². The van der Waals surface area contributed by atoms with E-state index >= 15 is 0 Å². The predicted octanol–water partition coefficient (Wildman–Crippen LogP) is 3.48. The van der Waals surface area contributed by atoms with E-state index in [0.29, 0.717) is 10.9 Å². The quantitative estimate of drug-likeness (QED) is 0.849. The van der Waals surface area contributed by atoms with E-state index in [1.165, 1.54) is 16.8 Å². The lowest BCUT2D eigenvalue weighted by Gasteiger charge is -2.13. The predicted molar refractivity (Wildman–Crippen MR) is 83.7 cm³/mol. The van der Waals surface area contributed by atoms with Gasteiger partial charge in [-0.3, -0.25) is 4.98 Å². The van der Waals surface area contributed by atoms with Crippen molar-refractivity contribution >= 4 is 28.1 Å². The summed E-state index contributed by atoms with van der Waals surface area (Å²) in [6, 6.07) is 6.47. The highest BCUT2D eigenvalue weighted by molar-refractivity contribution is 7.80. The average Bonchev–Trinajstić information content (AvgIpc) is 2.81. The number of nitrogens with two attached hydrogens (primary N) is 1. The second-order valence-electron chi connectivity index (χ2n) is 5.56. The number of fused-ring (bicyclic) bond motifs is 2. The highest BCUT2D eigenvalue weighted by Crippen LogP contribution is 2.31. The van der Waals surface area contributed by atoms with Crippen LogP contribution in [0, 0.1) is 0 Å². The Labute approximate surface area is 119 Å². The first-order chi connectivity index (χ1) is 9.08. The smallest absolute Gasteiger partial charge is 0.105 e. The number of hydrogen-bond acceptors (Lipinski definition) is 2. The molecule has 1 aromatic heterocycles. The monoisotopic (exact) mass is 270 g/mol. The highest BCUT2D eigenvalue weighted by atomic mass is 32.1. The molecule has 0 radical (unpaired) electrons. The standard InChI is InChI=1S/C16H18N2S/c1-9(2)10-6-7-14-12(8-10)15(16(17)19)11-4-3-5-13(11)18-14/h6-9H,3-5H2,1-2H3,(H2,17,19). The molecule has 98 valence electrons. The van der Waals surface area contributed by atoms with Crippen molar-refractivity contribution in [1.29, 1.82) is 0 Å². The molecule has 1 aliphatic carbocycles. The molecule has 2 nitrogen and oxygen atoms in total. The van der Waals surface area contributed by atoms with Crippen LogP contribution in [-0.2, 0) is 12.8 Å². The van der Waals surface area contributed by atoms with E-state index in [1.807, 2.05) is 0 Å². The number of thiocarbonyl (C=S) groups is 1. The van der Waals surface area contributed by atoms with Crippen LogP contribution in [0.1, 0.15) is 48.6 Å². The van der Waals surface area contributed by atoms with Gasteiger partial charge in [0.1, 0.15) is 4.99 Å². The Kier molecular flexibility index (Phi) is 3.02. The summed E-state index contributed by atoms with van der Waals surface area (Å²) in [5.41, 5.74) is 11.8. The third-order valence-corrected chi connectivity index (χ3v) is 4.15. The Balaban J connectivity index is 2.36. The number of rotatable bonds is 2. The zero-order valence-electron chi connectivity index (χ0n) is 11.4. The lowest BCUT2D eigenvalue weighted by Crippen LogP contribution is -2.14. The molecule has 0 saturated carbocycles. The van der Waals surface area contributed by atoms with Crippen LogP contribution < -0.4 is 5.73 Å². The average molecular weight is 270 g/mol. The SMILES string of the molecule is CC(C)c1ccc2nc3c(c(C(N)=S)c2c1)CCC3. The normalized spacial score (nSPS) is 14.1. The van der Waals surface area contributed by atoms with Gasteiger partial charge in [0, 0.05) is 16.6 Å². The summed E-state index contributed by atoms with van der Waals surface area (Å²) < 4.78 is 0. The van der Waals surface area contributed by atoms with Crippen molar-refractivity contribution in [3.05, 3.63) is 40.6 Å². The van der Waals surface area contributed by atoms with Crippen molar-refractivity contribution in [2.45, 2.75) is 39.0 Å². The molecular formula is C16H18N2S. The van der Waals surface area contributed by atoms with E-state index < -0.39 is 0 Å². The molecule has 0 unspecified atom stereocenters. The summed E-state index contributed by atoms with van der Waals surface area (Å²) in [7, 11) is 0. The van der Waals surface area contributed by atoms with Gasteiger partial charge in [-0.2, -0.15) is 0 Å². The van der Waals surface area contributed by atoms with Crippen molar-refractivity contribution in [2.75, 3.05) is 0 Å². The molecule has 0 bridgehead atoms. The molecule has 1 aliphatic rings. The molecule has 0 spiro atoms. The van der Waals surface area contributed by atoms with Crippen LogP contribution >= 0.6 is 12.2 Å². The Morgan fingerprint density at radius 3 is 2.79 bits per heavy atom. The molecular weight excluding hydrogens is 252 g/mol. The number of benzene rings is 1. The topological polar surface area (TPSA) is 38.9 Å². The van der Waals surface area contributed by atoms with Gasteiger partial charge in [0.15, 0.2) is 0 Å². The van der Waals surface area contributed by atoms with Crippen LogP contribution in [0.2, 0.25) is 0 Å². The maximum Gasteiger partial charge on any atom is 0.105 e. The van der Waals surface area contributed by atoms with Crippen LogP contribution in [0.25, 0.3) is 10.9 Å². The Morgan fingerprint density at radius 2 is 2.11 bits per heavy atom. The molecule has 0 fully saturated rings. The van der Waals surface area contributed by atoms with Gasteiger partial charge in [-0.25, -0.2) is 0 Å². The van der Waals surface area contributed by atoms with Crippen LogP contribution in [0.15, 0.2) is 18.2 Å². The number of aromatic nitrogens is 1. The maximum atomic E-state index is 5.98. The van der Waals surface area contributed by atoms with Crippen LogP contribution in [0.5, 0.6) is 0 Å². The Morgan fingerprint density at radius 1 is 1.32 bits per heavy atom. The lowest BCUT2D eigenvalue weighted by molar-refractivity contribution is 0.868. The summed E-state index contributed by atoms with van der Waals surface area (Å²) >= 11 is 5.29. The number of pyridine rings is 1. The fourth-order valence-electron chi connectivity index (χ4n) is 2.92. The Bertz CT molecular complexity index is 674. The van der Waals surface area contributed by atoms with E-state index in [1.54, 1.807) is 0 Å². The van der Waals surface area contributed by atoms with E-state index in [0.717, 1.165) is 35.7 Å². The zero-order valence-corrected chi connectivity index (χ0v) is 12.2. The maximum absolute atomic E-state index is 5.98.